The quantitative estimate of drug-likeness (QED) is 0.779. The number of nitriles is 1. The van der Waals surface area contributed by atoms with Crippen LogP contribution in [0.15, 0.2) is 34.8 Å². The highest BCUT2D eigenvalue weighted by molar-refractivity contribution is 9.10. The van der Waals surface area contributed by atoms with E-state index in [1.807, 2.05) is 6.07 Å². The topological polar surface area (TPSA) is 35.8 Å². The molecule has 0 radical (unpaired) electrons. The monoisotopic (exact) mass is 342 g/mol. The molecule has 0 fully saturated rings. The van der Waals surface area contributed by atoms with Crippen LogP contribution in [0.3, 0.4) is 0 Å². The molecule has 2 aromatic rings. The first-order valence-electron chi connectivity index (χ1n) is 5.13. The van der Waals surface area contributed by atoms with E-state index in [-0.39, 0.29) is 20.7 Å². The lowest BCUT2D eigenvalue weighted by Gasteiger charge is -2.10. The number of nitrogens with one attached hydrogen (secondary N) is 1. The van der Waals surface area contributed by atoms with Gasteiger partial charge in [0, 0.05) is 6.07 Å². The normalized spacial score (nSPS) is 10.1. The van der Waals surface area contributed by atoms with Gasteiger partial charge in [-0.15, -0.1) is 0 Å². The predicted molar refractivity (Wildman–Crippen MR) is 73.5 cm³/mol. The molecule has 19 heavy (non-hydrogen) atoms. The molecule has 2 aromatic carbocycles. The number of nitrogens with zero attached hydrogens (tertiary/aromatic N) is 1. The summed E-state index contributed by atoms with van der Waals surface area (Å²) >= 11 is 8.74. The molecule has 0 atom stereocenters. The second-order valence-corrected chi connectivity index (χ2v) is 4.91. The molecule has 0 saturated heterocycles. The first-order valence-corrected chi connectivity index (χ1v) is 6.30. The molecule has 2 rings (SSSR count). The lowest BCUT2D eigenvalue weighted by atomic mass is 10.2. The van der Waals surface area contributed by atoms with E-state index in [0.29, 0.717) is 5.69 Å². The van der Waals surface area contributed by atoms with Crippen molar-refractivity contribution in [3.05, 3.63) is 57.0 Å². The third-order valence-corrected chi connectivity index (χ3v) is 3.33. The molecule has 0 spiro atoms. The number of rotatable bonds is 2. The fourth-order valence-electron chi connectivity index (χ4n) is 1.51. The second-order valence-electron chi connectivity index (χ2n) is 3.65. The van der Waals surface area contributed by atoms with Crippen molar-refractivity contribution in [2.75, 3.05) is 5.32 Å². The van der Waals surface area contributed by atoms with Crippen molar-refractivity contribution in [1.82, 2.24) is 0 Å². The van der Waals surface area contributed by atoms with E-state index < -0.39 is 11.6 Å². The number of hydrogen-bond acceptors (Lipinski definition) is 2. The minimum Gasteiger partial charge on any atom is -0.352 e. The van der Waals surface area contributed by atoms with Gasteiger partial charge in [-0.05, 0) is 34.1 Å². The molecule has 2 nitrogen and oxygen atoms in total. The van der Waals surface area contributed by atoms with Crippen LogP contribution in [0.1, 0.15) is 5.56 Å². The molecule has 0 amide bonds. The molecule has 0 heterocycles. The Balaban J connectivity index is 2.45. The number of benzene rings is 2. The predicted octanol–water partition coefficient (Wildman–Crippen LogP) is 5.00. The maximum absolute atomic E-state index is 13.7. The standard InChI is InChI=1S/C13H6BrClF2N2/c14-8-4-11(17)13(5-10(8)16)19-12-3-1-2-9(15)7(12)6-18/h1-5,19H. The lowest BCUT2D eigenvalue weighted by molar-refractivity contribution is 0.598. The van der Waals surface area contributed by atoms with Gasteiger partial charge in [-0.25, -0.2) is 8.78 Å². The minimum atomic E-state index is -0.642. The van der Waals surface area contributed by atoms with Crippen molar-refractivity contribution in [1.29, 1.82) is 5.26 Å². The molecule has 96 valence electrons. The van der Waals surface area contributed by atoms with E-state index in [9.17, 15) is 8.78 Å². The molecule has 0 aliphatic rings. The Morgan fingerprint density at radius 2 is 1.89 bits per heavy atom. The highest BCUT2D eigenvalue weighted by Gasteiger charge is 2.11. The van der Waals surface area contributed by atoms with Crippen molar-refractivity contribution in [3.63, 3.8) is 0 Å². The Morgan fingerprint density at radius 3 is 2.58 bits per heavy atom. The SMILES string of the molecule is N#Cc1c(Cl)cccc1Nc1cc(F)c(Br)cc1F. The Kier molecular flexibility index (Phi) is 4.03. The van der Waals surface area contributed by atoms with Crippen LogP contribution >= 0.6 is 27.5 Å². The molecule has 1 N–H and O–H groups in total. The number of halogens is 4. The van der Waals surface area contributed by atoms with Crippen LogP contribution in [0.4, 0.5) is 20.2 Å². The highest BCUT2D eigenvalue weighted by atomic mass is 79.9. The summed E-state index contributed by atoms with van der Waals surface area (Å²) in [7, 11) is 0. The van der Waals surface area contributed by atoms with Crippen molar-refractivity contribution in [2.24, 2.45) is 0 Å². The van der Waals surface area contributed by atoms with E-state index in [0.717, 1.165) is 12.1 Å². The first-order chi connectivity index (χ1) is 9.02. The molecule has 0 saturated carbocycles. The summed E-state index contributed by atoms with van der Waals surface area (Å²) < 4.78 is 27.1. The van der Waals surface area contributed by atoms with Gasteiger partial charge in [0.05, 0.1) is 26.4 Å². The van der Waals surface area contributed by atoms with Gasteiger partial charge < -0.3 is 5.32 Å². The third-order valence-electron chi connectivity index (χ3n) is 2.40. The van der Waals surface area contributed by atoms with Crippen molar-refractivity contribution < 1.29 is 8.78 Å². The molecule has 0 aromatic heterocycles. The number of anilines is 2. The van der Waals surface area contributed by atoms with Gasteiger partial charge in [-0.1, -0.05) is 17.7 Å². The van der Waals surface area contributed by atoms with Crippen molar-refractivity contribution >= 4 is 38.9 Å². The van der Waals surface area contributed by atoms with Gasteiger partial charge in [0.1, 0.15) is 17.7 Å². The zero-order valence-electron chi connectivity index (χ0n) is 9.35. The maximum Gasteiger partial charge on any atom is 0.147 e. The summed E-state index contributed by atoms with van der Waals surface area (Å²) in [6.45, 7) is 0. The van der Waals surface area contributed by atoms with Gasteiger partial charge in [0.2, 0.25) is 0 Å². The third kappa shape index (κ3) is 2.86. The first kappa shape index (κ1) is 13.8. The molecular weight excluding hydrogens is 338 g/mol. The Morgan fingerprint density at radius 1 is 1.16 bits per heavy atom. The average molecular weight is 344 g/mol. The van der Waals surface area contributed by atoms with Crippen LogP contribution in [0, 0.1) is 23.0 Å². The fraction of sp³-hybridized carbons (Fsp3) is 0. The van der Waals surface area contributed by atoms with Crippen molar-refractivity contribution in [2.45, 2.75) is 0 Å². The van der Waals surface area contributed by atoms with Crippen LogP contribution in [0.5, 0.6) is 0 Å². The Hall–Kier alpha value is -1.64. The average Bonchev–Trinajstić information content (AvgIpc) is 2.36. The molecule has 0 aliphatic heterocycles. The van der Waals surface area contributed by atoms with Crippen LogP contribution < -0.4 is 5.32 Å². The van der Waals surface area contributed by atoms with Gasteiger partial charge in [-0.3, -0.25) is 0 Å². The Bertz CT molecular complexity index is 683. The summed E-state index contributed by atoms with van der Waals surface area (Å²) in [5.41, 5.74) is 0.419. The van der Waals surface area contributed by atoms with E-state index in [2.05, 4.69) is 21.2 Å². The summed E-state index contributed by atoms with van der Waals surface area (Å²) in [6, 6.07) is 8.63. The van der Waals surface area contributed by atoms with Crippen molar-refractivity contribution in [3.8, 4) is 6.07 Å². The fourth-order valence-corrected chi connectivity index (χ4v) is 2.04. The lowest BCUT2D eigenvalue weighted by Crippen LogP contribution is -1.98. The summed E-state index contributed by atoms with van der Waals surface area (Å²) in [4.78, 5) is 0. The largest absolute Gasteiger partial charge is 0.352 e. The zero-order chi connectivity index (χ0) is 14.0. The molecule has 0 bridgehead atoms. The maximum atomic E-state index is 13.7. The van der Waals surface area contributed by atoms with E-state index in [1.54, 1.807) is 18.2 Å². The van der Waals surface area contributed by atoms with E-state index >= 15 is 0 Å². The van der Waals surface area contributed by atoms with Crippen LogP contribution in [0.25, 0.3) is 0 Å². The van der Waals surface area contributed by atoms with E-state index in [4.69, 9.17) is 16.9 Å². The van der Waals surface area contributed by atoms with Crippen LogP contribution in [-0.2, 0) is 0 Å². The summed E-state index contributed by atoms with van der Waals surface area (Å²) in [5.74, 6) is -1.25. The van der Waals surface area contributed by atoms with Gasteiger partial charge in [0.15, 0.2) is 0 Å². The highest BCUT2D eigenvalue weighted by Crippen LogP contribution is 2.29. The zero-order valence-corrected chi connectivity index (χ0v) is 11.7. The van der Waals surface area contributed by atoms with Gasteiger partial charge in [0.25, 0.3) is 0 Å². The van der Waals surface area contributed by atoms with Gasteiger partial charge >= 0.3 is 0 Å². The molecule has 0 unspecified atom stereocenters. The number of hydrogen-bond donors (Lipinski definition) is 1. The summed E-state index contributed by atoms with van der Waals surface area (Å²) in [5, 5.41) is 11.9. The van der Waals surface area contributed by atoms with Gasteiger partial charge in [-0.2, -0.15) is 5.26 Å². The minimum absolute atomic E-state index is 0.0298. The summed E-state index contributed by atoms with van der Waals surface area (Å²) in [6.07, 6.45) is 0. The van der Waals surface area contributed by atoms with Crippen LogP contribution in [-0.4, -0.2) is 0 Å². The van der Waals surface area contributed by atoms with E-state index in [1.165, 1.54) is 0 Å². The second kappa shape index (κ2) is 5.55. The smallest absolute Gasteiger partial charge is 0.147 e. The Labute approximate surface area is 121 Å². The molecule has 0 aliphatic carbocycles. The van der Waals surface area contributed by atoms with Crippen LogP contribution in [0.2, 0.25) is 5.02 Å². The molecule has 6 heteroatoms. The molecular formula is C13H6BrClF2N2.